The van der Waals surface area contributed by atoms with E-state index in [4.69, 9.17) is 5.73 Å². The number of nitrogens with two attached hydrogens (primary N) is 1. The highest BCUT2D eigenvalue weighted by molar-refractivity contribution is 5.88. The molecule has 0 unspecified atom stereocenters. The number of nitrogens with zero attached hydrogens (tertiary/aromatic N) is 2. The zero-order valence-electron chi connectivity index (χ0n) is 16.7. The molecule has 8 nitrogen and oxygen atoms in total. The Hall–Kier alpha value is -2.45. The Labute approximate surface area is 169 Å². The van der Waals surface area contributed by atoms with Gasteiger partial charge in [-0.2, -0.15) is 0 Å². The van der Waals surface area contributed by atoms with Crippen LogP contribution in [0.3, 0.4) is 0 Å². The van der Waals surface area contributed by atoms with Crippen molar-refractivity contribution in [1.29, 1.82) is 0 Å². The lowest BCUT2D eigenvalue weighted by atomic mass is 9.95. The Kier molecular flexibility index (Phi) is 5.56. The largest absolute Gasteiger partial charge is 0.351 e. The third kappa shape index (κ3) is 3.74. The molecular formula is C21H29N5O3+. The van der Waals surface area contributed by atoms with Gasteiger partial charge in [0.1, 0.15) is 0 Å². The van der Waals surface area contributed by atoms with E-state index in [1.54, 1.807) is 18.6 Å². The lowest BCUT2D eigenvalue weighted by Crippen LogP contribution is -2.63. The highest BCUT2D eigenvalue weighted by Gasteiger charge is 2.44. The number of hydrogen-bond donors (Lipinski definition) is 3. The molecule has 2 aliphatic heterocycles. The zero-order chi connectivity index (χ0) is 20.4. The number of likely N-dealkylation sites (tertiary alicyclic amines) is 1. The van der Waals surface area contributed by atoms with Gasteiger partial charge in [0.25, 0.3) is 0 Å². The number of rotatable bonds is 4. The molecule has 155 valence electrons. The minimum atomic E-state index is -0.817. The number of carbonyl (C=O) groups is 2. The normalized spacial score (nSPS) is 20.0. The van der Waals surface area contributed by atoms with Gasteiger partial charge in [-0.15, -0.1) is 0 Å². The van der Waals surface area contributed by atoms with Crippen LogP contribution in [0.4, 0.5) is 4.79 Å². The van der Waals surface area contributed by atoms with Gasteiger partial charge in [-0.05, 0) is 43.4 Å². The van der Waals surface area contributed by atoms with Crippen LogP contribution in [0.5, 0.6) is 0 Å². The Bertz CT molecular complexity index is 964. The zero-order valence-corrected chi connectivity index (χ0v) is 16.7. The monoisotopic (exact) mass is 399 g/mol. The predicted molar refractivity (Wildman–Crippen MR) is 110 cm³/mol. The van der Waals surface area contributed by atoms with Gasteiger partial charge in [0, 0.05) is 25.9 Å². The summed E-state index contributed by atoms with van der Waals surface area (Å²) < 4.78 is 1.51. The van der Waals surface area contributed by atoms with Crippen molar-refractivity contribution in [3.8, 4) is 0 Å². The van der Waals surface area contributed by atoms with E-state index in [0.717, 1.165) is 62.0 Å². The molecule has 2 aromatic rings. The molecule has 29 heavy (non-hydrogen) atoms. The number of primary amides is 1. The summed E-state index contributed by atoms with van der Waals surface area (Å²) in [5, 5.41) is 3.40. The molecule has 0 aliphatic carbocycles. The van der Waals surface area contributed by atoms with Crippen molar-refractivity contribution in [3.05, 3.63) is 40.7 Å². The number of hydrogen-bond acceptors (Lipinski definition) is 4. The van der Waals surface area contributed by atoms with Crippen LogP contribution in [0.15, 0.2) is 23.0 Å². The molecule has 1 aromatic carbocycles. The van der Waals surface area contributed by atoms with Crippen LogP contribution in [0.2, 0.25) is 0 Å². The van der Waals surface area contributed by atoms with E-state index in [-0.39, 0.29) is 5.91 Å². The second-order valence-corrected chi connectivity index (χ2v) is 8.22. The lowest BCUT2D eigenvalue weighted by Gasteiger charge is -2.46. The molecule has 1 aromatic heterocycles. The van der Waals surface area contributed by atoms with E-state index in [9.17, 15) is 14.4 Å². The van der Waals surface area contributed by atoms with Gasteiger partial charge in [-0.25, -0.2) is 19.0 Å². The molecular weight excluding hydrogens is 370 g/mol. The molecule has 2 aliphatic rings. The van der Waals surface area contributed by atoms with Gasteiger partial charge in [0.15, 0.2) is 0 Å². The first-order valence-electron chi connectivity index (χ1n) is 10.5. The van der Waals surface area contributed by atoms with Crippen molar-refractivity contribution in [3.63, 3.8) is 0 Å². The SMILES string of the molecule is NC(=O)n1c(=O)[nH]c2ccc(C[CH]C(=O)[N+]3(C4CCNCC4)CCCCC3)cc21. The second-order valence-electron chi connectivity index (χ2n) is 8.22. The van der Waals surface area contributed by atoms with Gasteiger partial charge < -0.3 is 16.0 Å². The maximum Gasteiger partial charge on any atom is 0.334 e. The van der Waals surface area contributed by atoms with E-state index in [1.165, 1.54) is 6.42 Å². The molecule has 0 spiro atoms. The molecule has 2 saturated heterocycles. The van der Waals surface area contributed by atoms with Gasteiger partial charge >= 0.3 is 17.6 Å². The maximum atomic E-state index is 13.4. The minimum absolute atomic E-state index is 0.207. The highest BCUT2D eigenvalue weighted by Crippen LogP contribution is 2.29. The summed E-state index contributed by atoms with van der Waals surface area (Å²) in [4.78, 5) is 39.5. The van der Waals surface area contributed by atoms with Crippen LogP contribution in [-0.4, -0.2) is 58.2 Å². The van der Waals surface area contributed by atoms with E-state index in [2.05, 4.69) is 10.3 Å². The van der Waals surface area contributed by atoms with Gasteiger partial charge in [0.2, 0.25) is 0 Å². The number of H-pyrrole nitrogens is 1. The number of quaternary nitrogens is 1. The summed E-state index contributed by atoms with van der Waals surface area (Å²) in [6, 6.07) is 4.96. The van der Waals surface area contributed by atoms with Crippen molar-refractivity contribution >= 4 is 23.0 Å². The molecule has 1 radical (unpaired) electrons. The first kappa shape index (κ1) is 19.8. The quantitative estimate of drug-likeness (QED) is 0.673. The van der Waals surface area contributed by atoms with Gasteiger partial charge in [-0.1, -0.05) is 6.07 Å². The molecule has 0 bridgehead atoms. The highest BCUT2D eigenvalue weighted by atomic mass is 16.2. The van der Waals surface area contributed by atoms with Crippen molar-refractivity contribution < 1.29 is 14.1 Å². The third-order valence-corrected chi connectivity index (χ3v) is 6.54. The molecule has 3 heterocycles. The van der Waals surface area contributed by atoms with Crippen LogP contribution in [0.25, 0.3) is 11.0 Å². The van der Waals surface area contributed by atoms with Crippen molar-refractivity contribution in [1.82, 2.24) is 14.9 Å². The van der Waals surface area contributed by atoms with E-state index < -0.39 is 11.7 Å². The average molecular weight is 399 g/mol. The number of aromatic nitrogens is 2. The molecule has 4 N–H and O–H groups in total. The van der Waals surface area contributed by atoms with E-state index >= 15 is 0 Å². The number of carbonyl (C=O) groups excluding carboxylic acids is 2. The summed E-state index contributed by atoms with van der Waals surface area (Å²) in [5.74, 6) is 0.207. The van der Waals surface area contributed by atoms with Crippen LogP contribution in [0.1, 0.15) is 37.7 Å². The Balaban J connectivity index is 1.54. The summed E-state index contributed by atoms with van der Waals surface area (Å²) in [6.45, 7) is 3.82. The molecule has 4 rings (SSSR count). The minimum Gasteiger partial charge on any atom is -0.351 e. The maximum absolute atomic E-state index is 13.4. The fraction of sp³-hybridized carbons (Fsp3) is 0.524. The Morgan fingerprint density at radius 3 is 2.59 bits per heavy atom. The number of fused-ring (bicyclic) bond motifs is 1. The number of benzene rings is 1. The summed E-state index contributed by atoms with van der Waals surface area (Å²) in [7, 11) is 0. The fourth-order valence-corrected chi connectivity index (χ4v) is 5.02. The third-order valence-electron chi connectivity index (χ3n) is 6.54. The van der Waals surface area contributed by atoms with Crippen molar-refractivity contribution in [2.75, 3.05) is 26.2 Å². The van der Waals surface area contributed by atoms with Crippen LogP contribution < -0.4 is 16.7 Å². The molecule has 8 heteroatoms. The second kappa shape index (κ2) is 8.12. The lowest BCUT2D eigenvalue weighted by molar-refractivity contribution is -0.884. The fourth-order valence-electron chi connectivity index (χ4n) is 5.02. The van der Waals surface area contributed by atoms with Gasteiger partial charge in [0.05, 0.1) is 36.6 Å². The Morgan fingerprint density at radius 1 is 1.17 bits per heavy atom. The average Bonchev–Trinajstić information content (AvgIpc) is 3.08. The number of aromatic amines is 1. The smallest absolute Gasteiger partial charge is 0.334 e. The summed E-state index contributed by atoms with van der Waals surface area (Å²) >= 11 is 0. The van der Waals surface area contributed by atoms with Crippen LogP contribution >= 0.6 is 0 Å². The topological polar surface area (TPSA) is 110 Å². The van der Waals surface area contributed by atoms with E-state index in [0.29, 0.717) is 28.0 Å². The standard InChI is InChI=1S/C21H28N5O3/c22-20(28)25-18-14-15(4-6-17(18)24-21(25)29)5-7-19(27)26(12-2-1-3-13-26)16-8-10-23-11-9-16/h4,6-7,14,16,23H,1-3,5,8-13H2,(H2-,22,24,28,29)/p+1. The Morgan fingerprint density at radius 2 is 1.90 bits per heavy atom. The summed E-state index contributed by atoms with van der Waals surface area (Å²) in [5.41, 5.74) is 6.66. The predicted octanol–water partition coefficient (Wildman–Crippen LogP) is 1.28. The molecule has 2 fully saturated rings. The molecule has 0 atom stereocenters. The number of piperidine rings is 2. The van der Waals surface area contributed by atoms with Crippen molar-refractivity contribution in [2.45, 2.75) is 44.6 Å². The van der Waals surface area contributed by atoms with Crippen molar-refractivity contribution in [2.24, 2.45) is 5.73 Å². The molecule has 0 saturated carbocycles. The summed E-state index contributed by atoms with van der Waals surface area (Å²) in [6.07, 6.45) is 7.76. The van der Waals surface area contributed by atoms with Crippen LogP contribution in [0, 0.1) is 6.42 Å². The first-order chi connectivity index (χ1) is 14.0. The first-order valence-corrected chi connectivity index (χ1v) is 10.5. The number of nitrogens with one attached hydrogen (secondary N) is 2. The van der Waals surface area contributed by atoms with Crippen LogP contribution in [-0.2, 0) is 11.2 Å². The number of imidazole rings is 1. The molecule has 2 amide bonds. The van der Waals surface area contributed by atoms with Gasteiger partial charge in [-0.3, -0.25) is 4.48 Å². The van der Waals surface area contributed by atoms with E-state index in [1.807, 2.05) is 6.07 Å². The number of amides is 2.